The van der Waals surface area contributed by atoms with Crippen LogP contribution in [0.4, 0.5) is 4.39 Å². The van der Waals surface area contributed by atoms with Gasteiger partial charge in [0.1, 0.15) is 18.0 Å². The molecular formula is C14H18FNO5. The number of rotatable bonds is 6. The molecule has 21 heavy (non-hydrogen) atoms. The fraction of sp³-hybridized carbons (Fsp3) is 0.429. The van der Waals surface area contributed by atoms with Gasteiger partial charge >= 0.3 is 5.97 Å². The van der Waals surface area contributed by atoms with Gasteiger partial charge in [0.25, 0.3) is 0 Å². The summed E-state index contributed by atoms with van der Waals surface area (Å²) in [4.78, 5) is 22.3. The van der Waals surface area contributed by atoms with Gasteiger partial charge in [-0.05, 0) is 24.6 Å². The molecule has 1 aromatic carbocycles. The van der Waals surface area contributed by atoms with E-state index < -0.39 is 24.0 Å². The summed E-state index contributed by atoms with van der Waals surface area (Å²) in [5.74, 6) is -1.98. The zero-order valence-electron chi connectivity index (χ0n) is 11.8. The zero-order chi connectivity index (χ0) is 16.0. The maximum atomic E-state index is 13.6. The summed E-state index contributed by atoms with van der Waals surface area (Å²) in [5, 5.41) is 22.1. The third-order valence-corrected chi connectivity index (χ3v) is 2.75. The molecule has 116 valence electrons. The number of carbonyl (C=O) groups excluding carboxylic acids is 2. The van der Waals surface area contributed by atoms with Gasteiger partial charge in [-0.25, -0.2) is 9.18 Å². The molecule has 0 heterocycles. The molecule has 0 aromatic heterocycles. The first kappa shape index (κ1) is 17.1. The Labute approximate surface area is 121 Å². The van der Waals surface area contributed by atoms with Crippen molar-refractivity contribution >= 4 is 11.9 Å². The normalized spacial score (nSPS) is 13.4. The van der Waals surface area contributed by atoms with Crippen LogP contribution in [-0.2, 0) is 9.53 Å². The summed E-state index contributed by atoms with van der Waals surface area (Å²) in [6, 6.07) is 3.38. The number of hydrogen-bond donors (Lipinski definition) is 3. The average molecular weight is 299 g/mol. The molecule has 6 nitrogen and oxygen atoms in total. The highest BCUT2D eigenvalue weighted by molar-refractivity contribution is 5.89. The van der Waals surface area contributed by atoms with Gasteiger partial charge in [-0.1, -0.05) is 6.07 Å². The van der Waals surface area contributed by atoms with E-state index in [0.29, 0.717) is 0 Å². The standard InChI is InChI=1S/C14H18FNO5/c1-3-21-14(20)10-6-9(4-5-11(10)15)13(19)12(18)7-16-8(2)17/h4-6,12-13,18-19H,3,7H2,1-2H3,(H,16,17). The van der Waals surface area contributed by atoms with Crippen molar-refractivity contribution in [3.8, 4) is 0 Å². The molecule has 1 aromatic rings. The van der Waals surface area contributed by atoms with Crippen molar-refractivity contribution in [1.82, 2.24) is 5.32 Å². The second-order valence-electron chi connectivity index (χ2n) is 4.41. The van der Waals surface area contributed by atoms with Crippen LogP contribution in [0.2, 0.25) is 0 Å². The molecule has 0 aliphatic heterocycles. The van der Waals surface area contributed by atoms with Gasteiger partial charge in [0.05, 0.1) is 12.2 Å². The first-order valence-electron chi connectivity index (χ1n) is 6.44. The molecule has 0 radical (unpaired) electrons. The molecule has 2 unspecified atom stereocenters. The van der Waals surface area contributed by atoms with Crippen LogP contribution in [0.15, 0.2) is 18.2 Å². The molecule has 3 N–H and O–H groups in total. The minimum Gasteiger partial charge on any atom is -0.462 e. The number of aliphatic hydroxyl groups excluding tert-OH is 2. The third kappa shape index (κ3) is 4.80. The van der Waals surface area contributed by atoms with Gasteiger partial charge in [0, 0.05) is 13.5 Å². The first-order valence-corrected chi connectivity index (χ1v) is 6.44. The summed E-state index contributed by atoms with van der Waals surface area (Å²) in [5.41, 5.74) is -0.169. The second kappa shape index (κ2) is 7.70. The monoisotopic (exact) mass is 299 g/mol. The smallest absolute Gasteiger partial charge is 0.341 e. The highest BCUT2D eigenvalue weighted by atomic mass is 19.1. The Kier molecular flexibility index (Phi) is 6.26. The Bertz CT molecular complexity index is 520. The highest BCUT2D eigenvalue weighted by Gasteiger charge is 2.22. The number of aliphatic hydroxyl groups is 2. The molecule has 2 atom stereocenters. The molecule has 1 amide bonds. The SMILES string of the molecule is CCOC(=O)c1cc(C(O)C(O)CNC(C)=O)ccc1F. The van der Waals surface area contributed by atoms with E-state index in [1.165, 1.54) is 13.0 Å². The van der Waals surface area contributed by atoms with Crippen molar-refractivity contribution in [3.63, 3.8) is 0 Å². The Morgan fingerprint density at radius 1 is 1.38 bits per heavy atom. The Balaban J connectivity index is 2.90. The maximum Gasteiger partial charge on any atom is 0.341 e. The number of benzene rings is 1. The average Bonchev–Trinajstić information content (AvgIpc) is 2.44. The van der Waals surface area contributed by atoms with E-state index in [2.05, 4.69) is 5.32 Å². The van der Waals surface area contributed by atoms with Crippen LogP contribution in [0.25, 0.3) is 0 Å². The molecule has 7 heteroatoms. The number of amides is 1. The van der Waals surface area contributed by atoms with Gasteiger partial charge in [-0.3, -0.25) is 4.79 Å². The molecule has 0 fully saturated rings. The van der Waals surface area contributed by atoms with Gasteiger partial charge in [-0.15, -0.1) is 0 Å². The topological polar surface area (TPSA) is 95.9 Å². The lowest BCUT2D eigenvalue weighted by atomic mass is 10.0. The van der Waals surface area contributed by atoms with Crippen molar-refractivity contribution in [2.24, 2.45) is 0 Å². The lowest BCUT2D eigenvalue weighted by Crippen LogP contribution is -2.34. The summed E-state index contributed by atoms with van der Waals surface area (Å²) in [7, 11) is 0. The van der Waals surface area contributed by atoms with Crippen LogP contribution in [0, 0.1) is 5.82 Å². The zero-order valence-corrected chi connectivity index (χ0v) is 11.8. The molecule has 0 saturated carbocycles. The molecule has 0 aliphatic rings. The molecule has 1 rings (SSSR count). The third-order valence-electron chi connectivity index (χ3n) is 2.75. The number of carbonyl (C=O) groups is 2. The highest BCUT2D eigenvalue weighted by Crippen LogP contribution is 2.20. The molecule has 0 bridgehead atoms. The second-order valence-corrected chi connectivity index (χ2v) is 4.41. The lowest BCUT2D eigenvalue weighted by molar-refractivity contribution is -0.119. The van der Waals surface area contributed by atoms with E-state index in [0.717, 1.165) is 12.1 Å². The fourth-order valence-corrected chi connectivity index (χ4v) is 1.67. The minimum absolute atomic E-state index is 0.0935. The molecule has 0 aliphatic carbocycles. The summed E-state index contributed by atoms with van der Waals surface area (Å²) < 4.78 is 18.3. The van der Waals surface area contributed by atoms with E-state index >= 15 is 0 Å². The number of ether oxygens (including phenoxy) is 1. The first-order chi connectivity index (χ1) is 9.86. The number of nitrogens with one attached hydrogen (secondary N) is 1. The van der Waals surface area contributed by atoms with Crippen molar-refractivity contribution in [3.05, 3.63) is 35.1 Å². The van der Waals surface area contributed by atoms with Crippen LogP contribution >= 0.6 is 0 Å². The van der Waals surface area contributed by atoms with Crippen LogP contribution in [0.1, 0.15) is 35.9 Å². The van der Waals surface area contributed by atoms with Gasteiger partial charge in [0.2, 0.25) is 5.91 Å². The number of hydrogen-bond acceptors (Lipinski definition) is 5. The number of esters is 1. The Hall–Kier alpha value is -1.99. The van der Waals surface area contributed by atoms with Crippen molar-refractivity contribution in [2.75, 3.05) is 13.2 Å². The molecule has 0 spiro atoms. The lowest BCUT2D eigenvalue weighted by Gasteiger charge is -2.19. The Morgan fingerprint density at radius 3 is 2.62 bits per heavy atom. The van der Waals surface area contributed by atoms with E-state index in [9.17, 15) is 24.2 Å². The Morgan fingerprint density at radius 2 is 2.05 bits per heavy atom. The van der Waals surface area contributed by atoms with Gasteiger partial charge in [-0.2, -0.15) is 0 Å². The quantitative estimate of drug-likeness (QED) is 0.666. The number of halogens is 1. The largest absolute Gasteiger partial charge is 0.462 e. The van der Waals surface area contributed by atoms with Crippen LogP contribution in [-0.4, -0.2) is 41.3 Å². The fourth-order valence-electron chi connectivity index (χ4n) is 1.67. The van der Waals surface area contributed by atoms with Crippen LogP contribution in [0.5, 0.6) is 0 Å². The van der Waals surface area contributed by atoms with Crippen molar-refractivity contribution < 1.29 is 28.9 Å². The van der Waals surface area contributed by atoms with Gasteiger partial charge < -0.3 is 20.3 Å². The van der Waals surface area contributed by atoms with E-state index in [1.807, 2.05) is 0 Å². The van der Waals surface area contributed by atoms with E-state index in [-0.39, 0.29) is 30.2 Å². The predicted octanol–water partition coefficient (Wildman–Crippen LogP) is 0.533. The molecular weight excluding hydrogens is 281 g/mol. The maximum absolute atomic E-state index is 13.6. The summed E-state index contributed by atoms with van der Waals surface area (Å²) in [6.07, 6.45) is -2.65. The van der Waals surface area contributed by atoms with E-state index in [4.69, 9.17) is 4.74 Å². The minimum atomic E-state index is -1.37. The van der Waals surface area contributed by atoms with Gasteiger partial charge in [0.15, 0.2) is 0 Å². The summed E-state index contributed by atoms with van der Waals surface area (Å²) >= 11 is 0. The van der Waals surface area contributed by atoms with Crippen LogP contribution < -0.4 is 5.32 Å². The van der Waals surface area contributed by atoms with Crippen molar-refractivity contribution in [1.29, 1.82) is 0 Å². The summed E-state index contributed by atoms with van der Waals surface area (Å²) in [6.45, 7) is 2.79. The van der Waals surface area contributed by atoms with Crippen molar-refractivity contribution in [2.45, 2.75) is 26.1 Å². The van der Waals surface area contributed by atoms with Crippen LogP contribution in [0.3, 0.4) is 0 Å². The molecule has 0 saturated heterocycles. The van der Waals surface area contributed by atoms with E-state index in [1.54, 1.807) is 6.92 Å². The predicted molar refractivity (Wildman–Crippen MR) is 72.0 cm³/mol.